The summed E-state index contributed by atoms with van der Waals surface area (Å²) in [5.41, 5.74) is 1.45. The normalized spacial score (nSPS) is 13.1. The number of hydrogen-bond acceptors (Lipinski definition) is 4. The Morgan fingerprint density at radius 3 is 2.17 bits per heavy atom. The predicted molar refractivity (Wildman–Crippen MR) is 163 cm³/mol. The van der Waals surface area contributed by atoms with Crippen LogP contribution < -0.4 is 5.32 Å². The number of likely N-dealkylation sites (N-methyl/N-ethyl adjacent to an activating group) is 1. The zero-order chi connectivity index (χ0) is 30.3. The molecule has 0 aliphatic rings. The molecule has 0 fully saturated rings. The second-order valence-corrected chi connectivity index (χ2v) is 12.5. The molecule has 42 heavy (non-hydrogen) atoms. The Labute approximate surface area is 247 Å². The number of amides is 2. The van der Waals surface area contributed by atoms with Gasteiger partial charge in [-0.3, -0.25) is 9.59 Å². The van der Waals surface area contributed by atoms with E-state index in [1.54, 1.807) is 24.3 Å². The molecule has 0 aliphatic heterocycles. The molecule has 4 aromatic rings. The molecular weight excluding hydrogens is 553 g/mol. The van der Waals surface area contributed by atoms with E-state index < -0.39 is 34.3 Å². The van der Waals surface area contributed by atoms with E-state index in [0.717, 1.165) is 20.6 Å². The fourth-order valence-electron chi connectivity index (χ4n) is 4.66. The first kappa shape index (κ1) is 30.9. The van der Waals surface area contributed by atoms with E-state index >= 15 is 0 Å². The van der Waals surface area contributed by atoms with E-state index in [2.05, 4.69) is 5.32 Å². The van der Waals surface area contributed by atoms with Gasteiger partial charge in [0.1, 0.15) is 11.9 Å². The van der Waals surface area contributed by atoms with Crippen LogP contribution >= 0.6 is 0 Å². The lowest BCUT2D eigenvalue weighted by Gasteiger charge is -2.33. The number of sulfonamides is 1. The zero-order valence-corrected chi connectivity index (χ0v) is 24.9. The van der Waals surface area contributed by atoms with Crippen molar-refractivity contribution in [2.24, 2.45) is 0 Å². The summed E-state index contributed by atoms with van der Waals surface area (Å²) in [5, 5.41) is 4.65. The number of carbonyl (C=O) groups is 2. The molecule has 0 saturated heterocycles. The van der Waals surface area contributed by atoms with Crippen molar-refractivity contribution in [1.82, 2.24) is 14.5 Å². The highest BCUT2D eigenvalue weighted by molar-refractivity contribution is 7.89. The first-order valence-electron chi connectivity index (χ1n) is 13.9. The van der Waals surface area contributed by atoms with Crippen molar-refractivity contribution >= 4 is 32.6 Å². The average Bonchev–Trinajstić information content (AvgIpc) is 2.99. The van der Waals surface area contributed by atoms with E-state index in [4.69, 9.17) is 0 Å². The van der Waals surface area contributed by atoms with Crippen LogP contribution in [-0.4, -0.2) is 55.1 Å². The SMILES string of the molecule is CC[C@@H](C)NC(=O)[C@@H](Cc1ccccc1)N(Cc1ccc(F)cc1)C(=O)CN(C)S(=O)(=O)c1ccc2ccccc2c1. The van der Waals surface area contributed by atoms with Gasteiger partial charge in [0.25, 0.3) is 0 Å². The van der Waals surface area contributed by atoms with Crippen molar-refractivity contribution in [2.75, 3.05) is 13.6 Å². The van der Waals surface area contributed by atoms with Crippen molar-refractivity contribution < 1.29 is 22.4 Å². The van der Waals surface area contributed by atoms with Crippen molar-refractivity contribution in [2.45, 2.75) is 50.2 Å². The lowest BCUT2D eigenvalue weighted by Crippen LogP contribution is -2.54. The largest absolute Gasteiger partial charge is 0.352 e. The average molecular weight is 590 g/mol. The molecule has 220 valence electrons. The number of nitrogens with zero attached hydrogens (tertiary/aromatic N) is 2. The quantitative estimate of drug-likeness (QED) is 0.248. The van der Waals surface area contributed by atoms with Crippen molar-refractivity contribution in [3.8, 4) is 0 Å². The molecule has 4 rings (SSSR count). The standard InChI is InChI=1S/C33H36FN3O4S/c1-4-24(2)35-33(39)31(20-25-10-6-5-7-11-25)37(22-26-14-17-29(34)18-15-26)32(38)23-36(3)42(40,41)30-19-16-27-12-8-9-13-28(27)21-30/h5-19,21,24,31H,4,20,22-23H2,1-3H3,(H,35,39)/t24-,31-/m1/s1. The molecule has 0 heterocycles. The summed E-state index contributed by atoms with van der Waals surface area (Å²) in [7, 11) is -2.68. The molecule has 0 radical (unpaired) electrons. The maximum Gasteiger partial charge on any atom is 0.243 e. The summed E-state index contributed by atoms with van der Waals surface area (Å²) >= 11 is 0. The predicted octanol–water partition coefficient (Wildman–Crippen LogP) is 5.15. The third-order valence-corrected chi connectivity index (χ3v) is 9.12. The van der Waals surface area contributed by atoms with Gasteiger partial charge in [0.2, 0.25) is 21.8 Å². The minimum Gasteiger partial charge on any atom is -0.352 e. The van der Waals surface area contributed by atoms with Gasteiger partial charge in [-0.2, -0.15) is 4.31 Å². The Hall–Kier alpha value is -4.08. The fourth-order valence-corrected chi connectivity index (χ4v) is 5.81. The van der Waals surface area contributed by atoms with Gasteiger partial charge >= 0.3 is 0 Å². The number of halogens is 1. The van der Waals surface area contributed by atoms with Crippen LogP contribution in [0.1, 0.15) is 31.4 Å². The van der Waals surface area contributed by atoms with Crippen LogP contribution in [0, 0.1) is 5.82 Å². The molecule has 0 unspecified atom stereocenters. The lowest BCUT2D eigenvalue weighted by molar-refractivity contribution is -0.141. The highest BCUT2D eigenvalue weighted by Gasteiger charge is 2.33. The number of rotatable bonds is 12. The zero-order valence-electron chi connectivity index (χ0n) is 24.0. The molecule has 0 aliphatic carbocycles. The molecule has 0 spiro atoms. The number of fused-ring (bicyclic) bond motifs is 1. The van der Waals surface area contributed by atoms with Gasteiger partial charge < -0.3 is 10.2 Å². The number of nitrogens with one attached hydrogen (secondary N) is 1. The molecule has 2 atom stereocenters. The fraction of sp³-hybridized carbons (Fsp3) is 0.273. The van der Waals surface area contributed by atoms with Crippen LogP contribution in [0.4, 0.5) is 4.39 Å². The van der Waals surface area contributed by atoms with Gasteiger partial charge in [0, 0.05) is 26.1 Å². The van der Waals surface area contributed by atoms with Gasteiger partial charge in [0.05, 0.1) is 11.4 Å². The van der Waals surface area contributed by atoms with Gasteiger partial charge in [-0.05, 0) is 59.5 Å². The third-order valence-electron chi connectivity index (χ3n) is 7.33. The van der Waals surface area contributed by atoms with Crippen LogP contribution in [0.15, 0.2) is 102 Å². The van der Waals surface area contributed by atoms with Crippen LogP contribution in [0.25, 0.3) is 10.8 Å². The van der Waals surface area contributed by atoms with Crippen LogP contribution in [0.5, 0.6) is 0 Å². The van der Waals surface area contributed by atoms with E-state index in [-0.39, 0.29) is 29.8 Å². The Balaban J connectivity index is 1.67. The highest BCUT2D eigenvalue weighted by Crippen LogP contribution is 2.22. The highest BCUT2D eigenvalue weighted by atomic mass is 32.2. The Bertz CT molecular complexity index is 1630. The first-order valence-corrected chi connectivity index (χ1v) is 15.4. The molecule has 0 saturated carbocycles. The molecule has 0 aromatic heterocycles. The van der Waals surface area contributed by atoms with Gasteiger partial charge in [-0.15, -0.1) is 0 Å². The van der Waals surface area contributed by atoms with Crippen LogP contribution in [0.2, 0.25) is 0 Å². The molecular formula is C33H36FN3O4S. The van der Waals surface area contributed by atoms with Crippen molar-refractivity contribution in [1.29, 1.82) is 0 Å². The van der Waals surface area contributed by atoms with Gasteiger partial charge in [-0.1, -0.05) is 79.7 Å². The summed E-state index contributed by atoms with van der Waals surface area (Å²) in [6.07, 6.45) is 0.916. The first-order chi connectivity index (χ1) is 20.1. The Kier molecular flexibility index (Phi) is 10.1. The molecule has 2 amide bonds. The number of benzene rings is 4. The van der Waals surface area contributed by atoms with Crippen LogP contribution in [-0.2, 0) is 32.6 Å². The molecule has 1 N–H and O–H groups in total. The lowest BCUT2D eigenvalue weighted by atomic mass is 10.0. The summed E-state index contributed by atoms with van der Waals surface area (Å²) in [4.78, 5) is 29.1. The van der Waals surface area contributed by atoms with E-state index in [9.17, 15) is 22.4 Å². The monoisotopic (exact) mass is 589 g/mol. The summed E-state index contributed by atoms with van der Waals surface area (Å²) < 4.78 is 41.8. The van der Waals surface area contributed by atoms with Crippen molar-refractivity contribution in [3.63, 3.8) is 0 Å². The Morgan fingerprint density at radius 2 is 1.50 bits per heavy atom. The molecule has 9 heteroatoms. The smallest absolute Gasteiger partial charge is 0.243 e. The second-order valence-electron chi connectivity index (χ2n) is 10.4. The van der Waals surface area contributed by atoms with E-state index in [0.29, 0.717) is 12.0 Å². The number of hydrogen-bond donors (Lipinski definition) is 1. The van der Waals surface area contributed by atoms with E-state index in [1.807, 2.05) is 68.4 Å². The maximum atomic E-state index is 14.0. The third kappa shape index (κ3) is 7.60. The molecule has 7 nitrogen and oxygen atoms in total. The number of carbonyl (C=O) groups excluding carboxylic acids is 2. The summed E-state index contributed by atoms with van der Waals surface area (Å²) in [5.74, 6) is -1.32. The Morgan fingerprint density at radius 1 is 0.857 bits per heavy atom. The topological polar surface area (TPSA) is 86.8 Å². The summed E-state index contributed by atoms with van der Waals surface area (Å²) in [6.45, 7) is 3.34. The van der Waals surface area contributed by atoms with Gasteiger partial charge in [-0.25, -0.2) is 12.8 Å². The maximum absolute atomic E-state index is 14.0. The van der Waals surface area contributed by atoms with Gasteiger partial charge in [0.15, 0.2) is 0 Å². The molecule has 4 aromatic carbocycles. The minimum absolute atomic E-state index is 0.00555. The second kappa shape index (κ2) is 13.7. The van der Waals surface area contributed by atoms with E-state index in [1.165, 1.54) is 30.1 Å². The van der Waals surface area contributed by atoms with Crippen LogP contribution in [0.3, 0.4) is 0 Å². The van der Waals surface area contributed by atoms with Crippen molar-refractivity contribution in [3.05, 3.63) is 114 Å². The summed E-state index contributed by atoms with van der Waals surface area (Å²) in [6, 6.07) is 26.2. The molecule has 0 bridgehead atoms. The minimum atomic E-state index is -4.03.